The van der Waals surface area contributed by atoms with Crippen molar-refractivity contribution in [2.75, 3.05) is 23.8 Å². The first-order valence-corrected chi connectivity index (χ1v) is 5.88. The van der Waals surface area contributed by atoms with E-state index >= 15 is 0 Å². The summed E-state index contributed by atoms with van der Waals surface area (Å²) in [5.41, 5.74) is 7.08. The molecule has 1 rings (SSSR count). The van der Waals surface area contributed by atoms with Crippen LogP contribution in [0, 0.1) is 5.92 Å². The van der Waals surface area contributed by atoms with E-state index in [0.717, 1.165) is 6.42 Å². The van der Waals surface area contributed by atoms with Crippen molar-refractivity contribution >= 4 is 17.3 Å². The van der Waals surface area contributed by atoms with Crippen LogP contribution in [-0.2, 0) is 4.79 Å². The summed E-state index contributed by atoms with van der Waals surface area (Å²) in [7, 11) is 0. The molecule has 1 amide bonds. The van der Waals surface area contributed by atoms with E-state index in [0.29, 0.717) is 11.4 Å². The van der Waals surface area contributed by atoms with Gasteiger partial charge in [0, 0.05) is 12.5 Å². The van der Waals surface area contributed by atoms with E-state index in [2.05, 4.69) is 0 Å². The number of aliphatic hydroxyl groups is 1. The van der Waals surface area contributed by atoms with Crippen molar-refractivity contribution in [1.82, 2.24) is 0 Å². The molecular formula is C13H20N2O2. The number of nitrogens with zero attached hydrogens (tertiary/aromatic N) is 1. The maximum Gasteiger partial charge on any atom is 0.229 e. The molecule has 0 fully saturated rings. The number of carbonyl (C=O) groups excluding carboxylic acids is 1. The van der Waals surface area contributed by atoms with E-state index in [1.165, 1.54) is 0 Å². The number of hydrogen-bond donors (Lipinski definition) is 2. The van der Waals surface area contributed by atoms with Gasteiger partial charge in [0.2, 0.25) is 5.91 Å². The number of hydrogen-bond acceptors (Lipinski definition) is 3. The highest BCUT2D eigenvalue weighted by Gasteiger charge is 2.21. The highest BCUT2D eigenvalue weighted by Crippen LogP contribution is 2.24. The van der Waals surface area contributed by atoms with Crippen LogP contribution in [0.2, 0.25) is 0 Å². The normalized spacial score (nSPS) is 12.2. The second-order valence-corrected chi connectivity index (χ2v) is 4.08. The number of benzene rings is 1. The third kappa shape index (κ3) is 3.20. The lowest BCUT2D eigenvalue weighted by atomic mass is 10.1. The Morgan fingerprint density at radius 3 is 2.65 bits per heavy atom. The van der Waals surface area contributed by atoms with Gasteiger partial charge in [0.25, 0.3) is 0 Å². The summed E-state index contributed by atoms with van der Waals surface area (Å²) in [6.07, 6.45) is 0.771. The van der Waals surface area contributed by atoms with Gasteiger partial charge in [0.1, 0.15) is 0 Å². The first-order valence-electron chi connectivity index (χ1n) is 5.88. The van der Waals surface area contributed by atoms with Crippen molar-refractivity contribution in [2.24, 2.45) is 5.92 Å². The quantitative estimate of drug-likeness (QED) is 0.764. The lowest BCUT2D eigenvalue weighted by molar-refractivity contribution is -0.122. The van der Waals surface area contributed by atoms with Gasteiger partial charge in [0.15, 0.2) is 0 Å². The Hall–Kier alpha value is -1.55. The minimum Gasteiger partial charge on any atom is -0.397 e. The number of amides is 1. The molecule has 0 radical (unpaired) electrons. The predicted octanol–water partition coefficient (Wildman–Crippen LogP) is 1.64. The highest BCUT2D eigenvalue weighted by molar-refractivity contribution is 5.97. The van der Waals surface area contributed by atoms with E-state index in [9.17, 15) is 4.79 Å². The molecule has 0 saturated carbocycles. The van der Waals surface area contributed by atoms with Crippen molar-refractivity contribution in [1.29, 1.82) is 0 Å². The Balaban J connectivity index is 3.01. The zero-order valence-corrected chi connectivity index (χ0v) is 10.4. The van der Waals surface area contributed by atoms with Gasteiger partial charge in [-0.3, -0.25) is 4.79 Å². The van der Waals surface area contributed by atoms with Crippen molar-refractivity contribution in [2.45, 2.75) is 20.3 Å². The zero-order chi connectivity index (χ0) is 12.8. The van der Waals surface area contributed by atoms with Gasteiger partial charge in [0.05, 0.1) is 18.0 Å². The van der Waals surface area contributed by atoms with Gasteiger partial charge < -0.3 is 15.7 Å². The number of nitrogen functional groups attached to an aromatic ring is 1. The predicted molar refractivity (Wildman–Crippen MR) is 69.7 cm³/mol. The zero-order valence-electron chi connectivity index (χ0n) is 10.4. The standard InChI is InChI=1S/C13H20N2O2/c1-3-10(2)13(17)15(8-9-16)12-7-5-4-6-11(12)14/h4-7,10,16H,3,8-9,14H2,1-2H3. The molecule has 1 aromatic rings. The van der Waals surface area contributed by atoms with E-state index in [1.807, 2.05) is 26.0 Å². The Morgan fingerprint density at radius 2 is 2.12 bits per heavy atom. The van der Waals surface area contributed by atoms with Crippen molar-refractivity contribution in [3.63, 3.8) is 0 Å². The van der Waals surface area contributed by atoms with E-state index < -0.39 is 0 Å². The van der Waals surface area contributed by atoms with E-state index in [1.54, 1.807) is 17.0 Å². The van der Waals surface area contributed by atoms with Gasteiger partial charge in [-0.1, -0.05) is 26.0 Å². The molecule has 1 unspecified atom stereocenters. The van der Waals surface area contributed by atoms with Crippen LogP contribution in [0.3, 0.4) is 0 Å². The molecule has 0 spiro atoms. The highest BCUT2D eigenvalue weighted by atomic mass is 16.3. The Kier molecular flexibility index (Phi) is 4.97. The molecule has 0 aromatic heterocycles. The summed E-state index contributed by atoms with van der Waals surface area (Å²) in [5.74, 6) is -0.0689. The van der Waals surface area contributed by atoms with Crippen LogP contribution in [0.5, 0.6) is 0 Å². The van der Waals surface area contributed by atoms with E-state index in [-0.39, 0.29) is 25.0 Å². The fraction of sp³-hybridized carbons (Fsp3) is 0.462. The maximum atomic E-state index is 12.2. The summed E-state index contributed by atoms with van der Waals surface area (Å²) in [4.78, 5) is 13.7. The summed E-state index contributed by atoms with van der Waals surface area (Å²) in [6.45, 7) is 4.05. The average Bonchev–Trinajstić information content (AvgIpc) is 2.35. The largest absolute Gasteiger partial charge is 0.397 e. The van der Waals surface area contributed by atoms with Crippen molar-refractivity contribution in [3.8, 4) is 0 Å². The SMILES string of the molecule is CCC(C)C(=O)N(CCO)c1ccccc1N. The molecule has 0 aliphatic heterocycles. The molecule has 94 valence electrons. The summed E-state index contributed by atoms with van der Waals surface area (Å²) < 4.78 is 0. The van der Waals surface area contributed by atoms with Crippen LogP contribution >= 0.6 is 0 Å². The van der Waals surface area contributed by atoms with Crippen molar-refractivity contribution < 1.29 is 9.90 Å². The van der Waals surface area contributed by atoms with Crippen LogP contribution in [0.4, 0.5) is 11.4 Å². The molecule has 0 heterocycles. The topological polar surface area (TPSA) is 66.6 Å². The third-order valence-electron chi connectivity index (χ3n) is 2.85. The lowest BCUT2D eigenvalue weighted by Crippen LogP contribution is -2.37. The lowest BCUT2D eigenvalue weighted by Gasteiger charge is -2.26. The van der Waals surface area contributed by atoms with Crippen molar-refractivity contribution in [3.05, 3.63) is 24.3 Å². The first-order chi connectivity index (χ1) is 8.11. The van der Waals surface area contributed by atoms with Gasteiger partial charge in [-0.15, -0.1) is 0 Å². The van der Waals surface area contributed by atoms with Gasteiger partial charge in [-0.25, -0.2) is 0 Å². The summed E-state index contributed by atoms with van der Waals surface area (Å²) >= 11 is 0. The Bertz CT molecular complexity index is 379. The molecule has 3 N–H and O–H groups in total. The number of para-hydroxylation sites is 2. The molecule has 1 atom stereocenters. The third-order valence-corrected chi connectivity index (χ3v) is 2.85. The monoisotopic (exact) mass is 236 g/mol. The van der Waals surface area contributed by atoms with Gasteiger partial charge in [-0.2, -0.15) is 0 Å². The molecule has 4 nitrogen and oxygen atoms in total. The number of anilines is 2. The minimum absolute atomic E-state index is 0.000509. The molecule has 1 aromatic carbocycles. The van der Waals surface area contributed by atoms with Crippen LogP contribution in [0.1, 0.15) is 20.3 Å². The smallest absolute Gasteiger partial charge is 0.229 e. The Labute approximate surface area is 102 Å². The van der Waals surface area contributed by atoms with Crippen LogP contribution in [0.15, 0.2) is 24.3 Å². The molecule has 0 saturated heterocycles. The van der Waals surface area contributed by atoms with Crippen LogP contribution in [0.25, 0.3) is 0 Å². The second kappa shape index (κ2) is 6.25. The van der Waals surface area contributed by atoms with Gasteiger partial charge >= 0.3 is 0 Å². The summed E-state index contributed by atoms with van der Waals surface area (Å²) in [5, 5.41) is 9.06. The fourth-order valence-corrected chi connectivity index (χ4v) is 1.62. The average molecular weight is 236 g/mol. The van der Waals surface area contributed by atoms with Crippen LogP contribution < -0.4 is 10.6 Å². The molecule has 0 aliphatic rings. The number of carbonyl (C=O) groups is 1. The molecular weight excluding hydrogens is 216 g/mol. The first kappa shape index (κ1) is 13.5. The number of nitrogens with two attached hydrogens (primary N) is 1. The number of aliphatic hydroxyl groups excluding tert-OH is 1. The van der Waals surface area contributed by atoms with Crippen LogP contribution in [-0.4, -0.2) is 24.2 Å². The maximum absolute atomic E-state index is 12.2. The second-order valence-electron chi connectivity index (χ2n) is 4.08. The number of rotatable bonds is 5. The molecule has 0 bridgehead atoms. The fourth-order valence-electron chi connectivity index (χ4n) is 1.62. The minimum atomic E-state index is -0.0729. The molecule has 4 heteroatoms. The Morgan fingerprint density at radius 1 is 1.47 bits per heavy atom. The molecule has 0 aliphatic carbocycles. The summed E-state index contributed by atoms with van der Waals surface area (Å²) in [6, 6.07) is 7.21. The molecule has 17 heavy (non-hydrogen) atoms. The van der Waals surface area contributed by atoms with Gasteiger partial charge in [-0.05, 0) is 18.6 Å². The van der Waals surface area contributed by atoms with E-state index in [4.69, 9.17) is 10.8 Å².